The van der Waals surface area contributed by atoms with Gasteiger partial charge in [0, 0.05) is 31.7 Å². The fourth-order valence-corrected chi connectivity index (χ4v) is 3.02. The van der Waals surface area contributed by atoms with Crippen molar-refractivity contribution in [2.24, 2.45) is 0 Å². The molecule has 2 unspecified atom stereocenters. The van der Waals surface area contributed by atoms with Crippen LogP contribution < -0.4 is 5.32 Å². The first-order valence-corrected chi connectivity index (χ1v) is 7.69. The monoisotopic (exact) mass is 288 g/mol. The summed E-state index contributed by atoms with van der Waals surface area (Å²) in [5.74, 6) is 0.121. The van der Waals surface area contributed by atoms with Crippen LogP contribution in [0.2, 0.25) is 0 Å². The lowest BCUT2D eigenvalue weighted by atomic mass is 9.86. The highest BCUT2D eigenvalue weighted by atomic mass is 16.5. The maximum absolute atomic E-state index is 12.6. The predicted octanol–water partition coefficient (Wildman–Crippen LogP) is 1.80. The van der Waals surface area contributed by atoms with Crippen LogP contribution in [0, 0.1) is 0 Å². The molecule has 0 radical (unpaired) electrons. The Morgan fingerprint density at radius 1 is 1.14 bits per heavy atom. The molecule has 2 aliphatic rings. The van der Waals surface area contributed by atoms with E-state index in [4.69, 9.17) is 4.74 Å². The Hall–Kier alpha value is -1.39. The molecule has 2 fully saturated rings. The molecule has 4 nitrogen and oxygen atoms in total. The summed E-state index contributed by atoms with van der Waals surface area (Å²) in [7, 11) is 0. The normalized spacial score (nSPS) is 25.8. The fourth-order valence-electron chi connectivity index (χ4n) is 3.02. The number of morpholine rings is 2. The highest BCUT2D eigenvalue weighted by Gasteiger charge is 2.33. The van der Waals surface area contributed by atoms with E-state index in [1.54, 1.807) is 0 Å². The van der Waals surface area contributed by atoms with E-state index in [0.29, 0.717) is 13.1 Å². The van der Waals surface area contributed by atoms with Crippen molar-refractivity contribution in [3.05, 3.63) is 35.4 Å². The van der Waals surface area contributed by atoms with Gasteiger partial charge in [0.25, 0.3) is 5.91 Å². The zero-order valence-electron chi connectivity index (χ0n) is 13.1. The van der Waals surface area contributed by atoms with Crippen molar-refractivity contribution < 1.29 is 9.53 Å². The summed E-state index contributed by atoms with van der Waals surface area (Å²) in [6, 6.07) is 8.03. The number of amides is 1. The molecule has 0 spiro atoms. The number of carbonyl (C=O) groups is 1. The van der Waals surface area contributed by atoms with E-state index >= 15 is 0 Å². The molecule has 2 saturated heterocycles. The Morgan fingerprint density at radius 2 is 1.71 bits per heavy atom. The van der Waals surface area contributed by atoms with E-state index in [0.717, 1.165) is 18.7 Å². The second-order valence-corrected chi connectivity index (χ2v) is 7.08. The number of hydrogen-bond donors (Lipinski definition) is 1. The Kier molecular flexibility index (Phi) is 3.76. The average molecular weight is 288 g/mol. The third kappa shape index (κ3) is 3.11. The SMILES string of the molecule is CC(C)(C)c1ccc(C(=O)N2CC3CNCC(C2)O3)cc1. The van der Waals surface area contributed by atoms with Gasteiger partial charge in [0.15, 0.2) is 0 Å². The van der Waals surface area contributed by atoms with Crippen LogP contribution >= 0.6 is 0 Å². The summed E-state index contributed by atoms with van der Waals surface area (Å²) in [5, 5.41) is 3.35. The van der Waals surface area contributed by atoms with Crippen molar-refractivity contribution in [1.29, 1.82) is 0 Å². The van der Waals surface area contributed by atoms with Crippen LogP contribution in [-0.4, -0.2) is 49.2 Å². The van der Waals surface area contributed by atoms with Gasteiger partial charge in [-0.3, -0.25) is 4.79 Å². The molecule has 3 rings (SSSR count). The third-order valence-corrected chi connectivity index (χ3v) is 4.26. The van der Waals surface area contributed by atoms with Crippen LogP contribution in [-0.2, 0) is 10.2 Å². The first-order valence-electron chi connectivity index (χ1n) is 7.69. The van der Waals surface area contributed by atoms with Crippen LogP contribution in [0.3, 0.4) is 0 Å². The molecular formula is C17H24N2O2. The van der Waals surface area contributed by atoms with E-state index < -0.39 is 0 Å². The quantitative estimate of drug-likeness (QED) is 0.857. The molecule has 2 bridgehead atoms. The van der Waals surface area contributed by atoms with E-state index in [9.17, 15) is 4.79 Å². The Morgan fingerprint density at radius 3 is 2.24 bits per heavy atom. The number of rotatable bonds is 1. The molecule has 2 atom stereocenters. The van der Waals surface area contributed by atoms with Gasteiger partial charge < -0.3 is 15.0 Å². The van der Waals surface area contributed by atoms with Crippen molar-refractivity contribution in [2.75, 3.05) is 26.2 Å². The average Bonchev–Trinajstić information content (AvgIpc) is 2.45. The first-order chi connectivity index (χ1) is 9.93. The molecule has 1 N–H and O–H groups in total. The Balaban J connectivity index is 1.73. The topological polar surface area (TPSA) is 41.6 Å². The summed E-state index contributed by atoms with van der Waals surface area (Å²) < 4.78 is 5.85. The van der Waals surface area contributed by atoms with Gasteiger partial charge in [-0.25, -0.2) is 0 Å². The molecule has 4 heteroatoms. The van der Waals surface area contributed by atoms with Gasteiger partial charge in [-0.1, -0.05) is 32.9 Å². The van der Waals surface area contributed by atoms with Gasteiger partial charge in [0.2, 0.25) is 0 Å². The maximum atomic E-state index is 12.6. The molecule has 1 aromatic rings. The summed E-state index contributed by atoms with van der Waals surface area (Å²) in [4.78, 5) is 14.6. The standard InChI is InChI=1S/C17H24N2O2/c1-17(2,3)13-6-4-12(5-7-13)16(20)19-10-14-8-18-9-15(11-19)21-14/h4-7,14-15,18H,8-11H2,1-3H3. The van der Waals surface area contributed by atoms with Crippen molar-refractivity contribution in [1.82, 2.24) is 10.2 Å². The highest BCUT2D eigenvalue weighted by molar-refractivity contribution is 5.94. The molecule has 0 aromatic heterocycles. The van der Waals surface area contributed by atoms with Crippen LogP contribution in [0.25, 0.3) is 0 Å². The lowest BCUT2D eigenvalue weighted by Crippen LogP contribution is -2.59. The number of fused-ring (bicyclic) bond motifs is 2. The van der Waals surface area contributed by atoms with Crippen molar-refractivity contribution >= 4 is 5.91 Å². The predicted molar refractivity (Wildman–Crippen MR) is 82.6 cm³/mol. The lowest BCUT2D eigenvalue weighted by molar-refractivity contribution is -0.0930. The smallest absolute Gasteiger partial charge is 0.254 e. The number of nitrogens with one attached hydrogen (secondary N) is 1. The van der Waals surface area contributed by atoms with Gasteiger partial charge in [0.05, 0.1) is 12.2 Å². The summed E-state index contributed by atoms with van der Waals surface area (Å²) in [6.45, 7) is 9.58. The first kappa shape index (κ1) is 14.5. The van der Waals surface area contributed by atoms with Gasteiger partial charge in [-0.15, -0.1) is 0 Å². The zero-order chi connectivity index (χ0) is 15.0. The number of carbonyl (C=O) groups excluding carboxylic acids is 1. The largest absolute Gasteiger partial charge is 0.369 e. The molecule has 114 valence electrons. The lowest BCUT2D eigenvalue weighted by Gasteiger charge is -2.41. The number of ether oxygens (including phenoxy) is 1. The molecule has 1 amide bonds. The zero-order valence-corrected chi connectivity index (χ0v) is 13.1. The van der Waals surface area contributed by atoms with Crippen molar-refractivity contribution in [2.45, 2.75) is 38.4 Å². The second-order valence-electron chi connectivity index (χ2n) is 7.08. The second kappa shape index (κ2) is 5.43. The minimum Gasteiger partial charge on any atom is -0.369 e. The van der Waals surface area contributed by atoms with Crippen molar-refractivity contribution in [3.8, 4) is 0 Å². The molecule has 0 aliphatic carbocycles. The Bertz CT molecular complexity index is 507. The molecule has 2 aliphatic heterocycles. The molecule has 2 heterocycles. The van der Waals surface area contributed by atoms with Gasteiger partial charge in [-0.2, -0.15) is 0 Å². The van der Waals surface area contributed by atoms with E-state index in [-0.39, 0.29) is 23.5 Å². The van der Waals surface area contributed by atoms with Crippen LogP contribution in [0.15, 0.2) is 24.3 Å². The third-order valence-electron chi connectivity index (χ3n) is 4.26. The van der Waals surface area contributed by atoms with Crippen LogP contribution in [0.1, 0.15) is 36.7 Å². The van der Waals surface area contributed by atoms with E-state index in [2.05, 4.69) is 38.2 Å². The van der Waals surface area contributed by atoms with Crippen molar-refractivity contribution in [3.63, 3.8) is 0 Å². The number of nitrogens with zero attached hydrogens (tertiary/aromatic N) is 1. The van der Waals surface area contributed by atoms with E-state index in [1.807, 2.05) is 17.0 Å². The molecular weight excluding hydrogens is 264 g/mol. The minimum absolute atomic E-state index is 0.114. The molecule has 21 heavy (non-hydrogen) atoms. The number of hydrogen-bond acceptors (Lipinski definition) is 3. The summed E-state index contributed by atoms with van der Waals surface area (Å²) in [6.07, 6.45) is 0.269. The van der Waals surface area contributed by atoms with Gasteiger partial charge in [0.1, 0.15) is 0 Å². The van der Waals surface area contributed by atoms with Gasteiger partial charge in [-0.05, 0) is 23.1 Å². The van der Waals surface area contributed by atoms with E-state index in [1.165, 1.54) is 5.56 Å². The molecule has 1 aromatic carbocycles. The fraction of sp³-hybridized carbons (Fsp3) is 0.588. The number of benzene rings is 1. The minimum atomic E-state index is 0.114. The maximum Gasteiger partial charge on any atom is 0.254 e. The highest BCUT2D eigenvalue weighted by Crippen LogP contribution is 2.23. The van der Waals surface area contributed by atoms with Crippen LogP contribution in [0.5, 0.6) is 0 Å². The Labute approximate surface area is 126 Å². The molecule has 0 saturated carbocycles. The van der Waals surface area contributed by atoms with Gasteiger partial charge >= 0.3 is 0 Å². The summed E-state index contributed by atoms with van der Waals surface area (Å²) in [5.41, 5.74) is 2.14. The summed E-state index contributed by atoms with van der Waals surface area (Å²) >= 11 is 0. The van der Waals surface area contributed by atoms with Crippen LogP contribution in [0.4, 0.5) is 0 Å².